The molecule has 1 N–H and O–H groups in total. The van der Waals surface area contributed by atoms with Crippen LogP contribution < -0.4 is 0 Å². The van der Waals surface area contributed by atoms with Gasteiger partial charge in [0.1, 0.15) is 6.10 Å². The third kappa shape index (κ3) is 3.81. The average Bonchev–Trinajstić information content (AvgIpc) is 2.56. The fraction of sp³-hybridized carbons (Fsp3) is 0.235. The largest absolute Gasteiger partial charge is 0.465 e. The Bertz CT molecular complexity index is 628. The molecule has 5 heteroatoms. The van der Waals surface area contributed by atoms with Crippen molar-refractivity contribution in [3.63, 3.8) is 0 Å². The van der Waals surface area contributed by atoms with Crippen LogP contribution in [0.2, 0.25) is 0 Å². The Kier molecular flexibility index (Phi) is 5.86. The molecule has 0 saturated carbocycles. The van der Waals surface area contributed by atoms with Crippen molar-refractivity contribution in [3.8, 4) is 0 Å². The molecular formula is C17H18O4S. The van der Waals surface area contributed by atoms with Crippen molar-refractivity contribution in [2.24, 2.45) is 0 Å². The molecule has 0 radical (unpaired) electrons. The summed E-state index contributed by atoms with van der Waals surface area (Å²) >= 11 is 0. The molecule has 0 aromatic heterocycles. The summed E-state index contributed by atoms with van der Waals surface area (Å²) in [6.07, 6.45) is -1.19. The van der Waals surface area contributed by atoms with Gasteiger partial charge in [0.05, 0.1) is 17.4 Å². The fourth-order valence-electron chi connectivity index (χ4n) is 2.08. The zero-order valence-corrected chi connectivity index (χ0v) is 13.0. The zero-order chi connectivity index (χ0) is 15.9. The van der Waals surface area contributed by atoms with Gasteiger partial charge in [0.15, 0.2) is 5.25 Å². The smallest absolute Gasteiger partial charge is 0.325 e. The second-order valence-corrected chi connectivity index (χ2v) is 6.21. The number of hydrogen-bond donors (Lipinski definition) is 1. The highest BCUT2D eigenvalue weighted by molar-refractivity contribution is 7.86. The van der Waals surface area contributed by atoms with Crippen LogP contribution in [-0.2, 0) is 20.3 Å². The first-order valence-corrected chi connectivity index (χ1v) is 8.21. The average molecular weight is 318 g/mol. The van der Waals surface area contributed by atoms with Gasteiger partial charge in [-0.15, -0.1) is 0 Å². The molecule has 3 atom stereocenters. The molecule has 0 aliphatic heterocycles. The molecular weight excluding hydrogens is 300 g/mol. The Balaban J connectivity index is 2.35. The van der Waals surface area contributed by atoms with Gasteiger partial charge in [-0.2, -0.15) is 0 Å². The summed E-state index contributed by atoms with van der Waals surface area (Å²) in [5.74, 6) is -0.666. The predicted molar refractivity (Wildman–Crippen MR) is 84.7 cm³/mol. The summed E-state index contributed by atoms with van der Waals surface area (Å²) in [5, 5.41) is 9.35. The summed E-state index contributed by atoms with van der Waals surface area (Å²) < 4.78 is 17.7. The molecule has 0 aliphatic rings. The number of hydrogen-bond acceptors (Lipinski definition) is 4. The van der Waals surface area contributed by atoms with Crippen LogP contribution in [-0.4, -0.2) is 27.1 Å². The van der Waals surface area contributed by atoms with Crippen LogP contribution in [0.3, 0.4) is 0 Å². The highest BCUT2D eigenvalue weighted by Gasteiger charge is 2.35. The molecule has 116 valence electrons. The topological polar surface area (TPSA) is 63.6 Å². The van der Waals surface area contributed by atoms with E-state index in [2.05, 4.69) is 0 Å². The van der Waals surface area contributed by atoms with Crippen molar-refractivity contribution in [1.29, 1.82) is 0 Å². The van der Waals surface area contributed by atoms with Gasteiger partial charge in [0, 0.05) is 4.90 Å². The van der Waals surface area contributed by atoms with Crippen LogP contribution in [0.5, 0.6) is 0 Å². The van der Waals surface area contributed by atoms with E-state index in [-0.39, 0.29) is 6.61 Å². The molecule has 0 saturated heterocycles. The molecule has 0 bridgehead atoms. The van der Waals surface area contributed by atoms with E-state index in [0.29, 0.717) is 10.5 Å². The van der Waals surface area contributed by atoms with Crippen molar-refractivity contribution < 1.29 is 18.8 Å². The monoisotopic (exact) mass is 318 g/mol. The van der Waals surface area contributed by atoms with Crippen LogP contribution in [0.1, 0.15) is 18.6 Å². The summed E-state index contributed by atoms with van der Waals surface area (Å²) in [6, 6.07) is 17.3. The predicted octanol–water partition coefficient (Wildman–Crippen LogP) is 2.46. The van der Waals surface area contributed by atoms with Gasteiger partial charge in [-0.1, -0.05) is 48.5 Å². The maximum absolute atomic E-state index is 12.7. The summed E-state index contributed by atoms with van der Waals surface area (Å²) in [6.45, 7) is 1.85. The Morgan fingerprint density at radius 2 is 1.64 bits per heavy atom. The Hall–Kier alpha value is -1.98. The zero-order valence-electron chi connectivity index (χ0n) is 12.2. The van der Waals surface area contributed by atoms with Gasteiger partial charge < -0.3 is 9.84 Å². The maximum atomic E-state index is 12.7. The summed E-state index contributed by atoms with van der Waals surface area (Å²) in [7, 11) is -1.71. The van der Waals surface area contributed by atoms with Gasteiger partial charge in [0.2, 0.25) is 0 Å². The third-order valence-electron chi connectivity index (χ3n) is 3.15. The highest BCUT2D eigenvalue weighted by Crippen LogP contribution is 2.25. The quantitative estimate of drug-likeness (QED) is 0.831. The van der Waals surface area contributed by atoms with Crippen molar-refractivity contribution in [1.82, 2.24) is 0 Å². The minimum Gasteiger partial charge on any atom is -0.465 e. The Labute approximate surface area is 132 Å². The maximum Gasteiger partial charge on any atom is 0.325 e. The molecule has 0 heterocycles. The van der Waals surface area contributed by atoms with Gasteiger partial charge >= 0.3 is 5.97 Å². The third-order valence-corrected chi connectivity index (χ3v) is 4.80. The fourth-order valence-corrected chi connectivity index (χ4v) is 3.44. The highest BCUT2D eigenvalue weighted by atomic mass is 32.2. The lowest BCUT2D eigenvalue weighted by molar-refractivity contribution is -0.144. The van der Waals surface area contributed by atoms with E-state index in [1.807, 2.05) is 6.07 Å². The second-order valence-electron chi connectivity index (χ2n) is 4.64. The van der Waals surface area contributed by atoms with Crippen LogP contribution in [0.25, 0.3) is 0 Å². The van der Waals surface area contributed by atoms with Crippen LogP contribution >= 0.6 is 0 Å². The molecule has 2 aromatic carbocycles. The molecule has 0 aliphatic carbocycles. The molecule has 3 unspecified atom stereocenters. The lowest BCUT2D eigenvalue weighted by Crippen LogP contribution is -2.34. The van der Waals surface area contributed by atoms with Crippen LogP contribution in [0, 0.1) is 0 Å². The van der Waals surface area contributed by atoms with E-state index in [0.717, 1.165) is 0 Å². The first kappa shape index (κ1) is 16.4. The van der Waals surface area contributed by atoms with E-state index in [1.54, 1.807) is 61.5 Å². The van der Waals surface area contributed by atoms with Crippen LogP contribution in [0.4, 0.5) is 0 Å². The van der Waals surface area contributed by atoms with Gasteiger partial charge in [0.25, 0.3) is 0 Å². The van der Waals surface area contributed by atoms with Crippen molar-refractivity contribution in [2.75, 3.05) is 6.61 Å². The second kappa shape index (κ2) is 7.87. The number of aliphatic hydroxyl groups excluding tert-OH is 1. The van der Waals surface area contributed by atoms with E-state index in [9.17, 15) is 14.1 Å². The first-order valence-electron chi connectivity index (χ1n) is 7.00. The molecule has 2 aromatic rings. The van der Waals surface area contributed by atoms with E-state index >= 15 is 0 Å². The number of carbonyl (C=O) groups excluding carboxylic acids is 1. The first-order chi connectivity index (χ1) is 10.6. The van der Waals surface area contributed by atoms with Crippen molar-refractivity contribution >= 4 is 16.8 Å². The van der Waals surface area contributed by atoms with Gasteiger partial charge in [-0.3, -0.25) is 9.00 Å². The minimum atomic E-state index is -1.71. The number of ether oxygens (including phenoxy) is 1. The van der Waals surface area contributed by atoms with E-state index < -0.39 is 28.1 Å². The standard InChI is InChI=1S/C17H18O4S/c1-2-21-17(19)16(15(18)13-9-5-3-6-10-13)22(20)14-11-7-4-8-12-14/h3-12,15-16,18H,2H2,1H3. The lowest BCUT2D eigenvalue weighted by atomic mass is 10.1. The normalized spacial score (nSPS) is 14.8. The van der Waals surface area contributed by atoms with Gasteiger partial charge in [-0.05, 0) is 24.6 Å². The number of esters is 1. The summed E-state index contributed by atoms with van der Waals surface area (Å²) in [4.78, 5) is 12.7. The van der Waals surface area contributed by atoms with Crippen LogP contribution in [0.15, 0.2) is 65.6 Å². The van der Waals surface area contributed by atoms with Crippen molar-refractivity contribution in [3.05, 3.63) is 66.2 Å². The Morgan fingerprint density at radius 3 is 2.18 bits per heavy atom. The van der Waals surface area contributed by atoms with Crippen molar-refractivity contribution in [2.45, 2.75) is 23.2 Å². The SMILES string of the molecule is CCOC(=O)C(C(O)c1ccccc1)S(=O)c1ccccc1. The summed E-state index contributed by atoms with van der Waals surface area (Å²) in [5.41, 5.74) is 0.532. The number of carbonyl (C=O) groups is 1. The molecule has 0 spiro atoms. The molecule has 22 heavy (non-hydrogen) atoms. The molecule has 2 rings (SSSR count). The number of rotatable bonds is 6. The molecule has 0 fully saturated rings. The van der Waals surface area contributed by atoms with E-state index in [1.165, 1.54) is 0 Å². The van der Waals surface area contributed by atoms with E-state index in [4.69, 9.17) is 4.74 Å². The molecule has 0 amide bonds. The minimum absolute atomic E-state index is 0.169. The number of benzene rings is 2. The Morgan fingerprint density at radius 1 is 1.09 bits per heavy atom. The van der Waals surface area contributed by atoms with Gasteiger partial charge in [-0.25, -0.2) is 0 Å². The lowest BCUT2D eigenvalue weighted by Gasteiger charge is -2.21. The molecule has 4 nitrogen and oxygen atoms in total. The number of aliphatic hydroxyl groups is 1.